The van der Waals surface area contributed by atoms with Crippen molar-refractivity contribution >= 4 is 11.3 Å². The Bertz CT molecular complexity index is 277. The zero-order valence-electron chi connectivity index (χ0n) is 8.57. The lowest BCUT2D eigenvalue weighted by Crippen LogP contribution is -2.15. The predicted octanol–water partition coefficient (Wildman–Crippen LogP) is 3.15. The number of rotatable bonds is 3. The molecule has 0 saturated heterocycles. The summed E-state index contributed by atoms with van der Waals surface area (Å²) >= 11 is 1.55. The van der Waals surface area contributed by atoms with Gasteiger partial charge in [-0.1, -0.05) is 19.8 Å². The molecule has 1 fully saturated rings. The zero-order chi connectivity index (χ0) is 10.0. The third-order valence-corrected chi connectivity index (χ3v) is 3.89. The molecule has 0 aliphatic heterocycles. The molecule has 1 saturated carbocycles. The molecular weight excluding hydrogens is 194 g/mol. The molecule has 1 heterocycles. The maximum atomic E-state index is 9.98. The fourth-order valence-electron chi connectivity index (χ4n) is 2.39. The number of hydrogen-bond acceptors (Lipinski definition) is 3. The SMILES string of the molecule is CC1(CC(O)c2cscn2)CCCC1. The quantitative estimate of drug-likeness (QED) is 0.833. The van der Waals surface area contributed by atoms with E-state index < -0.39 is 0 Å². The second-order valence-electron chi connectivity index (χ2n) is 4.65. The number of nitrogens with zero attached hydrogens (tertiary/aromatic N) is 1. The van der Waals surface area contributed by atoms with E-state index >= 15 is 0 Å². The van der Waals surface area contributed by atoms with Gasteiger partial charge < -0.3 is 5.11 Å². The first-order valence-electron chi connectivity index (χ1n) is 5.26. The maximum Gasteiger partial charge on any atom is 0.0973 e. The molecule has 1 atom stereocenters. The number of aliphatic hydroxyl groups is 1. The van der Waals surface area contributed by atoms with Crippen LogP contribution in [0.15, 0.2) is 10.9 Å². The van der Waals surface area contributed by atoms with E-state index in [-0.39, 0.29) is 6.10 Å². The molecule has 1 aromatic rings. The second kappa shape index (κ2) is 3.99. The van der Waals surface area contributed by atoms with Crippen LogP contribution in [0.25, 0.3) is 0 Å². The van der Waals surface area contributed by atoms with Gasteiger partial charge in [0.1, 0.15) is 0 Å². The summed E-state index contributed by atoms with van der Waals surface area (Å²) in [4.78, 5) is 4.16. The third kappa shape index (κ3) is 2.15. The van der Waals surface area contributed by atoms with Gasteiger partial charge in [-0.15, -0.1) is 11.3 Å². The van der Waals surface area contributed by atoms with E-state index in [1.54, 1.807) is 16.8 Å². The summed E-state index contributed by atoms with van der Waals surface area (Å²) in [5, 5.41) is 11.9. The fraction of sp³-hybridized carbons (Fsp3) is 0.727. The van der Waals surface area contributed by atoms with Crippen molar-refractivity contribution in [2.75, 3.05) is 0 Å². The van der Waals surface area contributed by atoms with Crippen LogP contribution < -0.4 is 0 Å². The molecule has 0 spiro atoms. The van der Waals surface area contributed by atoms with Gasteiger partial charge in [0.05, 0.1) is 17.3 Å². The molecule has 1 aliphatic carbocycles. The molecule has 1 aliphatic rings. The number of hydrogen-bond donors (Lipinski definition) is 1. The summed E-state index contributed by atoms with van der Waals surface area (Å²) in [6.45, 7) is 2.29. The van der Waals surface area contributed by atoms with E-state index in [2.05, 4.69) is 11.9 Å². The molecule has 78 valence electrons. The van der Waals surface area contributed by atoms with Gasteiger partial charge in [-0.05, 0) is 24.7 Å². The Balaban J connectivity index is 1.97. The van der Waals surface area contributed by atoms with Crippen LogP contribution in [-0.2, 0) is 0 Å². The average molecular weight is 211 g/mol. The van der Waals surface area contributed by atoms with Crippen LogP contribution in [0.1, 0.15) is 50.8 Å². The Morgan fingerprint density at radius 2 is 2.29 bits per heavy atom. The molecule has 2 nitrogen and oxygen atoms in total. The van der Waals surface area contributed by atoms with Gasteiger partial charge in [-0.2, -0.15) is 0 Å². The molecule has 14 heavy (non-hydrogen) atoms. The summed E-state index contributed by atoms with van der Waals surface area (Å²) in [5.74, 6) is 0. The van der Waals surface area contributed by atoms with E-state index in [9.17, 15) is 5.11 Å². The zero-order valence-corrected chi connectivity index (χ0v) is 9.39. The van der Waals surface area contributed by atoms with Gasteiger partial charge in [-0.25, -0.2) is 4.98 Å². The molecule has 2 rings (SSSR count). The van der Waals surface area contributed by atoms with E-state index in [1.165, 1.54) is 25.7 Å². The van der Waals surface area contributed by atoms with Gasteiger partial charge >= 0.3 is 0 Å². The van der Waals surface area contributed by atoms with Crippen LogP contribution >= 0.6 is 11.3 Å². The molecule has 1 aromatic heterocycles. The topological polar surface area (TPSA) is 33.1 Å². The normalized spacial score (nSPS) is 22.4. The highest BCUT2D eigenvalue weighted by molar-refractivity contribution is 7.07. The van der Waals surface area contributed by atoms with Crippen LogP contribution in [-0.4, -0.2) is 10.1 Å². The van der Waals surface area contributed by atoms with Crippen molar-refractivity contribution in [3.8, 4) is 0 Å². The van der Waals surface area contributed by atoms with Crippen LogP contribution in [0.5, 0.6) is 0 Å². The minimum atomic E-state index is -0.357. The lowest BCUT2D eigenvalue weighted by Gasteiger charge is -2.25. The molecule has 0 bridgehead atoms. The van der Waals surface area contributed by atoms with E-state index in [0.717, 1.165) is 12.1 Å². The molecule has 0 aromatic carbocycles. The summed E-state index contributed by atoms with van der Waals surface area (Å²) in [6.07, 6.45) is 5.67. The summed E-state index contributed by atoms with van der Waals surface area (Å²) in [5.41, 5.74) is 2.99. The van der Waals surface area contributed by atoms with Crippen LogP contribution in [0.3, 0.4) is 0 Å². The average Bonchev–Trinajstić information content (AvgIpc) is 2.74. The highest BCUT2D eigenvalue weighted by atomic mass is 32.1. The van der Waals surface area contributed by atoms with Crippen molar-refractivity contribution in [1.82, 2.24) is 4.98 Å². The third-order valence-electron chi connectivity index (χ3n) is 3.29. The first-order chi connectivity index (χ1) is 6.70. The monoisotopic (exact) mass is 211 g/mol. The Morgan fingerprint density at radius 1 is 1.57 bits per heavy atom. The Labute approximate surface area is 89.0 Å². The van der Waals surface area contributed by atoms with Crippen molar-refractivity contribution in [3.05, 3.63) is 16.6 Å². The van der Waals surface area contributed by atoms with E-state index in [4.69, 9.17) is 0 Å². The number of aliphatic hydroxyl groups excluding tert-OH is 1. The summed E-state index contributed by atoms with van der Waals surface area (Å²) in [7, 11) is 0. The van der Waals surface area contributed by atoms with Crippen LogP contribution in [0.2, 0.25) is 0 Å². The highest BCUT2D eigenvalue weighted by Crippen LogP contribution is 2.43. The molecular formula is C11H17NOS. The van der Waals surface area contributed by atoms with Gasteiger partial charge in [-0.3, -0.25) is 0 Å². The highest BCUT2D eigenvalue weighted by Gasteiger charge is 2.31. The van der Waals surface area contributed by atoms with Crippen molar-refractivity contribution < 1.29 is 5.11 Å². The first-order valence-corrected chi connectivity index (χ1v) is 6.20. The van der Waals surface area contributed by atoms with Crippen molar-refractivity contribution in [2.45, 2.75) is 45.1 Å². The van der Waals surface area contributed by atoms with E-state index in [1.807, 2.05) is 5.38 Å². The standard InChI is InChI=1S/C11H17NOS/c1-11(4-2-3-5-11)6-10(13)9-7-14-8-12-9/h7-8,10,13H,2-6H2,1H3. The summed E-state index contributed by atoms with van der Waals surface area (Å²) < 4.78 is 0. The lowest BCUT2D eigenvalue weighted by molar-refractivity contribution is 0.105. The minimum Gasteiger partial charge on any atom is -0.387 e. The van der Waals surface area contributed by atoms with Crippen LogP contribution in [0, 0.1) is 5.41 Å². The van der Waals surface area contributed by atoms with Gasteiger partial charge in [0, 0.05) is 5.38 Å². The number of thiazole rings is 1. The minimum absolute atomic E-state index is 0.350. The Hall–Kier alpha value is -0.410. The molecule has 1 N–H and O–H groups in total. The maximum absolute atomic E-state index is 9.98. The molecule has 0 amide bonds. The summed E-state index contributed by atoms with van der Waals surface area (Å²) in [6, 6.07) is 0. The van der Waals surface area contributed by atoms with Gasteiger partial charge in [0.15, 0.2) is 0 Å². The number of aromatic nitrogens is 1. The fourth-order valence-corrected chi connectivity index (χ4v) is 2.99. The molecule has 0 radical (unpaired) electrons. The largest absolute Gasteiger partial charge is 0.387 e. The van der Waals surface area contributed by atoms with Crippen molar-refractivity contribution in [3.63, 3.8) is 0 Å². The van der Waals surface area contributed by atoms with Crippen LogP contribution in [0.4, 0.5) is 0 Å². The second-order valence-corrected chi connectivity index (χ2v) is 5.37. The molecule has 3 heteroatoms. The van der Waals surface area contributed by atoms with Crippen molar-refractivity contribution in [1.29, 1.82) is 0 Å². The van der Waals surface area contributed by atoms with E-state index in [0.29, 0.717) is 5.41 Å². The predicted molar refractivity (Wildman–Crippen MR) is 58.3 cm³/mol. The lowest BCUT2D eigenvalue weighted by atomic mass is 9.82. The smallest absolute Gasteiger partial charge is 0.0973 e. The first kappa shape index (κ1) is 10.1. The Morgan fingerprint density at radius 3 is 2.86 bits per heavy atom. The van der Waals surface area contributed by atoms with Gasteiger partial charge in [0.25, 0.3) is 0 Å². The molecule has 1 unspecified atom stereocenters. The van der Waals surface area contributed by atoms with Gasteiger partial charge in [0.2, 0.25) is 0 Å². The Kier molecular flexibility index (Phi) is 2.88. The van der Waals surface area contributed by atoms with Crippen molar-refractivity contribution in [2.24, 2.45) is 5.41 Å².